The highest BCUT2D eigenvalue weighted by atomic mass is 16.7. The van der Waals surface area contributed by atoms with Crippen LogP contribution in [0.5, 0.6) is 5.75 Å². The predicted octanol–water partition coefficient (Wildman–Crippen LogP) is -0.106. The van der Waals surface area contributed by atoms with Gasteiger partial charge in [0, 0.05) is 25.3 Å². The Morgan fingerprint density at radius 3 is 2.40 bits per heavy atom. The molecule has 2 heterocycles. The molecule has 10 atom stereocenters. The van der Waals surface area contributed by atoms with E-state index in [9.17, 15) is 45.0 Å². The molecule has 0 radical (unpaired) electrons. The van der Waals surface area contributed by atoms with E-state index in [1.807, 2.05) is 13.8 Å². The number of benzene rings is 1. The number of phenols is 1. The fraction of sp³-hybridized carbons (Fsp3) is 0.594. The van der Waals surface area contributed by atoms with Gasteiger partial charge < -0.3 is 59.1 Å². The van der Waals surface area contributed by atoms with Crippen LogP contribution in [0.25, 0.3) is 6.08 Å². The molecule has 0 spiro atoms. The third-order valence-electron chi connectivity index (χ3n) is 8.31. The zero-order valence-electron chi connectivity index (χ0n) is 26.2. The van der Waals surface area contributed by atoms with E-state index in [0.717, 1.165) is 13.0 Å². The van der Waals surface area contributed by atoms with Crippen LogP contribution in [0, 0.1) is 17.8 Å². The molecule has 1 aromatic carbocycles. The van der Waals surface area contributed by atoms with Gasteiger partial charge in [-0.15, -0.1) is 0 Å². The Morgan fingerprint density at radius 1 is 1.06 bits per heavy atom. The van der Waals surface area contributed by atoms with Gasteiger partial charge in [0.15, 0.2) is 12.4 Å². The van der Waals surface area contributed by atoms with E-state index in [2.05, 4.69) is 0 Å². The van der Waals surface area contributed by atoms with E-state index < -0.39 is 91.7 Å². The summed E-state index contributed by atoms with van der Waals surface area (Å²) < 4.78 is 33.3. The van der Waals surface area contributed by atoms with Crippen LogP contribution in [0.3, 0.4) is 0 Å². The minimum Gasteiger partial charge on any atom is -0.508 e. The minimum atomic E-state index is -2.07. The zero-order chi connectivity index (χ0) is 34.5. The first kappa shape index (κ1) is 36.3. The number of fused-ring (bicyclic) bond motifs is 1. The van der Waals surface area contributed by atoms with Gasteiger partial charge in [-0.1, -0.05) is 26.0 Å². The highest BCUT2D eigenvalue weighted by molar-refractivity contribution is 5.87. The molecular formula is C32H42O15. The Morgan fingerprint density at radius 2 is 1.77 bits per heavy atom. The topological polar surface area (TPSA) is 228 Å². The van der Waals surface area contributed by atoms with Crippen LogP contribution in [0.1, 0.15) is 39.2 Å². The summed E-state index contributed by atoms with van der Waals surface area (Å²) in [6.45, 7) is 3.13. The number of carbonyl (C=O) groups excluding carboxylic acids is 3. The third kappa shape index (κ3) is 8.67. The van der Waals surface area contributed by atoms with E-state index in [1.54, 1.807) is 12.1 Å². The Hall–Kier alpha value is -3.57. The maximum absolute atomic E-state index is 12.7. The molecule has 1 aromatic rings. The summed E-state index contributed by atoms with van der Waals surface area (Å²) >= 11 is 0. The summed E-state index contributed by atoms with van der Waals surface area (Å²) in [5.74, 6) is -4.05. The van der Waals surface area contributed by atoms with Crippen LogP contribution in [0.2, 0.25) is 0 Å². The number of carbonyl (C=O) groups is 3. The fourth-order valence-electron chi connectivity index (χ4n) is 5.88. The van der Waals surface area contributed by atoms with Crippen LogP contribution in [-0.4, -0.2) is 117 Å². The van der Waals surface area contributed by atoms with Crippen molar-refractivity contribution in [2.24, 2.45) is 17.8 Å². The van der Waals surface area contributed by atoms with E-state index in [4.69, 9.17) is 28.4 Å². The van der Waals surface area contributed by atoms with Crippen molar-refractivity contribution < 1.29 is 73.4 Å². The van der Waals surface area contributed by atoms with Crippen molar-refractivity contribution in [3.05, 3.63) is 47.7 Å². The molecule has 2 fully saturated rings. The summed E-state index contributed by atoms with van der Waals surface area (Å²) in [6.07, 6.45) is -6.80. The van der Waals surface area contributed by atoms with Gasteiger partial charge in [-0.2, -0.15) is 0 Å². The van der Waals surface area contributed by atoms with Gasteiger partial charge in [0.05, 0.1) is 31.5 Å². The van der Waals surface area contributed by atoms with Gasteiger partial charge in [-0.05, 0) is 41.7 Å². The smallest absolute Gasteiger partial charge is 0.331 e. The lowest BCUT2D eigenvalue weighted by atomic mass is 9.80. The first-order chi connectivity index (χ1) is 22.2. The molecule has 0 unspecified atom stereocenters. The molecule has 6 N–H and O–H groups in total. The van der Waals surface area contributed by atoms with Gasteiger partial charge in [-0.25, -0.2) is 4.79 Å². The maximum atomic E-state index is 12.7. The van der Waals surface area contributed by atoms with Crippen molar-refractivity contribution in [3.63, 3.8) is 0 Å². The molecule has 4 rings (SSSR count). The lowest BCUT2D eigenvalue weighted by Gasteiger charge is -2.42. The molecular weight excluding hydrogens is 624 g/mol. The van der Waals surface area contributed by atoms with Crippen LogP contribution in [0.15, 0.2) is 42.2 Å². The van der Waals surface area contributed by atoms with Crippen molar-refractivity contribution >= 4 is 24.0 Å². The minimum absolute atomic E-state index is 0.0343. The normalized spacial score (nSPS) is 33.6. The number of aliphatic hydroxyl groups excluding tert-OH is 4. The largest absolute Gasteiger partial charge is 0.508 e. The summed E-state index contributed by atoms with van der Waals surface area (Å²) in [4.78, 5) is 36.8. The fourth-order valence-corrected chi connectivity index (χ4v) is 5.88. The second-order valence-corrected chi connectivity index (χ2v) is 12.3. The monoisotopic (exact) mass is 666 g/mol. The molecule has 0 amide bonds. The molecule has 47 heavy (non-hydrogen) atoms. The first-order valence-electron chi connectivity index (χ1n) is 15.2. The van der Waals surface area contributed by atoms with Crippen molar-refractivity contribution in [3.8, 4) is 5.75 Å². The molecule has 0 bridgehead atoms. The predicted molar refractivity (Wildman–Crippen MR) is 158 cm³/mol. The lowest BCUT2D eigenvalue weighted by molar-refractivity contribution is -0.302. The Labute approximate surface area is 270 Å². The van der Waals surface area contributed by atoms with Crippen LogP contribution in [-0.2, 0) is 42.8 Å². The highest BCUT2D eigenvalue weighted by Crippen LogP contribution is 2.49. The molecule has 1 saturated heterocycles. The van der Waals surface area contributed by atoms with Crippen molar-refractivity contribution in [1.82, 2.24) is 0 Å². The van der Waals surface area contributed by atoms with Crippen LogP contribution in [0.4, 0.5) is 0 Å². The second kappa shape index (κ2) is 15.6. The lowest BCUT2D eigenvalue weighted by Crippen LogP contribution is -2.60. The number of aromatic hydroxyl groups is 1. The van der Waals surface area contributed by atoms with E-state index in [1.165, 1.54) is 24.5 Å². The molecule has 0 aromatic heterocycles. The molecule has 3 aliphatic rings. The van der Waals surface area contributed by atoms with Crippen molar-refractivity contribution in [1.29, 1.82) is 0 Å². The Bertz CT molecular complexity index is 1310. The van der Waals surface area contributed by atoms with E-state index in [-0.39, 0.29) is 31.1 Å². The molecule has 15 heteroatoms. The van der Waals surface area contributed by atoms with E-state index >= 15 is 0 Å². The number of hydrogen-bond acceptors (Lipinski definition) is 15. The quantitative estimate of drug-likeness (QED) is 0.0972. The summed E-state index contributed by atoms with van der Waals surface area (Å²) in [5, 5.41) is 62.9. The van der Waals surface area contributed by atoms with Crippen molar-refractivity contribution in [2.75, 3.05) is 19.8 Å². The van der Waals surface area contributed by atoms with Gasteiger partial charge in [0.25, 0.3) is 0 Å². The van der Waals surface area contributed by atoms with Gasteiger partial charge in [-0.3, -0.25) is 9.59 Å². The number of aliphatic hydroxyl groups is 5. The van der Waals surface area contributed by atoms with Gasteiger partial charge in [0.1, 0.15) is 36.3 Å². The summed E-state index contributed by atoms with van der Waals surface area (Å²) in [5.41, 5.74) is -1.15. The number of phenolic OH excluding ortho intramolecular Hbond substituents is 1. The maximum Gasteiger partial charge on any atom is 0.331 e. The summed E-state index contributed by atoms with van der Waals surface area (Å²) in [6, 6.07) is 5.95. The SMILES string of the molecule is CC(=O)OC[C@]1(O)[C@H]2[C@H](OC(=O)CC(C)C)OC=C(CO[C@@H]3O[C@H](CO)[C@@H](O)[C@H](O)[C@H]3OC(=O)C=Cc3ccc(O)cc3)[C@H]2C[C@@H]1O. The van der Waals surface area contributed by atoms with Crippen molar-refractivity contribution in [2.45, 2.75) is 82.3 Å². The average Bonchev–Trinajstić information content (AvgIpc) is 3.28. The Kier molecular flexibility index (Phi) is 12.0. The Balaban J connectivity index is 1.53. The van der Waals surface area contributed by atoms with Gasteiger partial charge >= 0.3 is 17.9 Å². The standard InChI is InChI=1S/C32H42O15/c1-16(2)10-25(38)47-30-26-21(11-23(36)32(26,41)15-44-17(3)34)19(13-42-30)14-43-31-29(28(40)27(39)22(12-33)45-31)46-24(37)9-6-18-4-7-20(35)8-5-18/h4-9,13,16,21-23,26-31,33,35-36,39-41H,10-12,14-15H2,1-3H3/t21-,22-,23+,26-,27-,28+,29-,30+,31-,32-/m1/s1. The van der Waals surface area contributed by atoms with Crippen LogP contribution < -0.4 is 0 Å². The highest BCUT2D eigenvalue weighted by Gasteiger charge is 2.61. The molecule has 1 aliphatic carbocycles. The third-order valence-corrected chi connectivity index (χ3v) is 8.31. The second-order valence-electron chi connectivity index (χ2n) is 12.3. The number of hydrogen-bond donors (Lipinski definition) is 6. The van der Waals surface area contributed by atoms with Gasteiger partial charge in [0.2, 0.25) is 6.29 Å². The number of ether oxygens (including phenoxy) is 6. The number of rotatable bonds is 12. The van der Waals surface area contributed by atoms with E-state index in [0.29, 0.717) is 11.1 Å². The molecule has 15 nitrogen and oxygen atoms in total. The number of esters is 3. The molecule has 260 valence electrons. The molecule has 1 saturated carbocycles. The molecule has 2 aliphatic heterocycles. The summed E-state index contributed by atoms with van der Waals surface area (Å²) in [7, 11) is 0. The average molecular weight is 667 g/mol. The van der Waals surface area contributed by atoms with Crippen LogP contribution >= 0.6 is 0 Å². The first-order valence-corrected chi connectivity index (χ1v) is 15.2. The zero-order valence-corrected chi connectivity index (χ0v) is 26.2.